The van der Waals surface area contributed by atoms with Gasteiger partial charge in [0.25, 0.3) is 0 Å². The van der Waals surface area contributed by atoms with E-state index >= 15 is 0 Å². The van der Waals surface area contributed by atoms with Gasteiger partial charge in [-0.15, -0.1) is 12.4 Å². The predicted octanol–water partition coefficient (Wildman–Crippen LogP) is 3.96. The van der Waals surface area contributed by atoms with Crippen molar-refractivity contribution < 1.29 is 4.79 Å². The van der Waals surface area contributed by atoms with E-state index in [0.717, 1.165) is 36.3 Å². The number of halogens is 1. The molecule has 0 spiro atoms. The zero-order valence-electron chi connectivity index (χ0n) is 16.4. The molecule has 0 bridgehead atoms. The van der Waals surface area contributed by atoms with Gasteiger partial charge in [0.05, 0.1) is 12.2 Å². The van der Waals surface area contributed by atoms with Gasteiger partial charge < -0.3 is 11.1 Å². The van der Waals surface area contributed by atoms with Crippen LogP contribution >= 0.6 is 12.4 Å². The molecule has 0 unspecified atom stereocenters. The van der Waals surface area contributed by atoms with E-state index in [4.69, 9.17) is 10.8 Å². The van der Waals surface area contributed by atoms with Gasteiger partial charge in [-0.1, -0.05) is 57.5 Å². The fourth-order valence-corrected chi connectivity index (χ4v) is 3.64. The summed E-state index contributed by atoms with van der Waals surface area (Å²) in [6.07, 6.45) is 3.05. The normalized spacial score (nSPS) is 19.6. The third kappa shape index (κ3) is 5.11. The zero-order chi connectivity index (χ0) is 18.7. The molecule has 6 heteroatoms. The zero-order valence-corrected chi connectivity index (χ0v) is 17.3. The van der Waals surface area contributed by atoms with Crippen molar-refractivity contribution >= 4 is 24.1 Å². The lowest BCUT2D eigenvalue weighted by molar-refractivity contribution is -0.120. The van der Waals surface area contributed by atoms with Gasteiger partial charge in [0, 0.05) is 17.4 Å². The first-order valence-corrected chi connectivity index (χ1v) is 9.51. The van der Waals surface area contributed by atoms with E-state index < -0.39 is 0 Å². The van der Waals surface area contributed by atoms with Crippen molar-refractivity contribution in [1.29, 1.82) is 0 Å². The highest BCUT2D eigenvalue weighted by molar-refractivity contribution is 5.92. The predicted molar refractivity (Wildman–Crippen MR) is 112 cm³/mol. The van der Waals surface area contributed by atoms with Crippen LogP contribution in [-0.4, -0.2) is 22.2 Å². The van der Waals surface area contributed by atoms with Crippen LogP contribution in [0.15, 0.2) is 36.4 Å². The van der Waals surface area contributed by atoms with Crippen LogP contribution in [0.3, 0.4) is 0 Å². The topological polar surface area (TPSA) is 72.9 Å². The number of benzene rings is 1. The Bertz CT molecular complexity index is 751. The largest absolute Gasteiger partial charge is 0.330 e. The molecule has 1 saturated carbocycles. The number of nitrogens with two attached hydrogens (primary N) is 1. The van der Waals surface area contributed by atoms with E-state index in [1.54, 1.807) is 0 Å². The Hall–Kier alpha value is -1.85. The molecular formula is C21H31ClN4O. The maximum absolute atomic E-state index is 12.8. The van der Waals surface area contributed by atoms with E-state index in [-0.39, 0.29) is 29.6 Å². The molecule has 0 saturated heterocycles. The summed E-state index contributed by atoms with van der Waals surface area (Å²) in [5, 5.41) is 7.91. The second-order valence-electron chi connectivity index (χ2n) is 8.33. The van der Waals surface area contributed by atoms with Crippen LogP contribution in [-0.2, 0) is 16.8 Å². The van der Waals surface area contributed by atoms with Crippen molar-refractivity contribution in [3.8, 4) is 0 Å². The third-order valence-electron chi connectivity index (χ3n) is 5.27. The summed E-state index contributed by atoms with van der Waals surface area (Å²) in [5.74, 6) is 1.15. The Morgan fingerprint density at radius 3 is 2.59 bits per heavy atom. The molecule has 1 fully saturated rings. The molecule has 1 heterocycles. The minimum atomic E-state index is -0.0748. The van der Waals surface area contributed by atoms with Gasteiger partial charge in [-0.3, -0.25) is 4.79 Å². The average Bonchev–Trinajstić information content (AvgIpc) is 3.22. The van der Waals surface area contributed by atoms with Crippen LogP contribution in [0.25, 0.3) is 0 Å². The number of nitrogens with zero attached hydrogens (tertiary/aromatic N) is 2. The van der Waals surface area contributed by atoms with Crippen LogP contribution in [0.2, 0.25) is 0 Å². The lowest BCUT2D eigenvalue weighted by Crippen LogP contribution is -2.30. The molecule has 2 aromatic rings. The maximum Gasteiger partial charge on any atom is 0.228 e. The molecule has 1 amide bonds. The molecule has 1 aromatic heterocycles. The summed E-state index contributed by atoms with van der Waals surface area (Å²) in [7, 11) is 0. The summed E-state index contributed by atoms with van der Waals surface area (Å²) in [6.45, 7) is 7.62. The van der Waals surface area contributed by atoms with Crippen molar-refractivity contribution in [2.75, 3.05) is 11.9 Å². The van der Waals surface area contributed by atoms with Crippen LogP contribution in [0.1, 0.15) is 51.3 Å². The van der Waals surface area contributed by atoms with Gasteiger partial charge in [0.1, 0.15) is 5.82 Å². The monoisotopic (exact) mass is 390 g/mol. The first kappa shape index (κ1) is 21.5. The summed E-state index contributed by atoms with van der Waals surface area (Å²) in [5.41, 5.74) is 7.91. The van der Waals surface area contributed by atoms with Gasteiger partial charge in [-0.05, 0) is 30.9 Å². The van der Waals surface area contributed by atoms with E-state index in [9.17, 15) is 4.79 Å². The molecule has 1 aromatic carbocycles. The van der Waals surface area contributed by atoms with Crippen molar-refractivity contribution in [3.05, 3.63) is 47.7 Å². The van der Waals surface area contributed by atoms with Crippen molar-refractivity contribution in [1.82, 2.24) is 9.78 Å². The van der Waals surface area contributed by atoms with E-state index in [1.165, 1.54) is 0 Å². The lowest BCUT2D eigenvalue weighted by Gasteiger charge is -2.17. The van der Waals surface area contributed by atoms with Crippen molar-refractivity contribution in [3.63, 3.8) is 0 Å². The van der Waals surface area contributed by atoms with Crippen LogP contribution in [0.5, 0.6) is 0 Å². The van der Waals surface area contributed by atoms with Crippen LogP contribution in [0.4, 0.5) is 5.82 Å². The number of rotatable bonds is 5. The summed E-state index contributed by atoms with van der Waals surface area (Å²) < 4.78 is 1.90. The Morgan fingerprint density at radius 2 is 1.96 bits per heavy atom. The lowest BCUT2D eigenvalue weighted by atomic mass is 9.92. The molecule has 1 aliphatic rings. The van der Waals surface area contributed by atoms with E-state index in [0.29, 0.717) is 19.0 Å². The highest BCUT2D eigenvalue weighted by Gasteiger charge is 2.32. The molecule has 3 rings (SSSR count). The van der Waals surface area contributed by atoms with Gasteiger partial charge in [-0.25, -0.2) is 4.68 Å². The molecule has 3 N–H and O–H groups in total. The van der Waals surface area contributed by atoms with Gasteiger partial charge in [0.2, 0.25) is 5.91 Å². The summed E-state index contributed by atoms with van der Waals surface area (Å²) in [6, 6.07) is 12.2. The standard InChI is InChI=1S/C21H30N4O.ClH/c1-21(2,3)18-12-19(23-20(26)17-11-7-10-16(17)13-22)25(24-18)14-15-8-5-4-6-9-15;/h4-6,8-9,12,16-17H,7,10-11,13-14,22H2,1-3H3,(H,23,26);1H/t16-,17-;/m1./s1. The number of aromatic nitrogens is 2. The highest BCUT2D eigenvalue weighted by Crippen LogP contribution is 2.32. The number of hydrogen-bond donors (Lipinski definition) is 2. The average molecular weight is 391 g/mol. The number of carbonyl (C=O) groups is 1. The Balaban J connectivity index is 0.00000261. The molecule has 1 aliphatic carbocycles. The minimum Gasteiger partial charge on any atom is -0.330 e. The van der Waals surface area contributed by atoms with Gasteiger partial charge >= 0.3 is 0 Å². The fraction of sp³-hybridized carbons (Fsp3) is 0.524. The molecule has 5 nitrogen and oxygen atoms in total. The Kier molecular flexibility index (Phi) is 7.06. The minimum absolute atomic E-state index is 0. The Morgan fingerprint density at radius 1 is 1.26 bits per heavy atom. The van der Waals surface area contributed by atoms with E-state index in [1.807, 2.05) is 28.9 Å². The van der Waals surface area contributed by atoms with Crippen LogP contribution in [0, 0.1) is 11.8 Å². The van der Waals surface area contributed by atoms with Gasteiger partial charge in [0.15, 0.2) is 0 Å². The number of hydrogen-bond acceptors (Lipinski definition) is 3. The smallest absolute Gasteiger partial charge is 0.228 e. The van der Waals surface area contributed by atoms with Crippen LogP contribution < -0.4 is 11.1 Å². The SMILES string of the molecule is CC(C)(C)c1cc(NC(=O)[C@@H]2CCC[C@@H]2CN)n(Cc2ccccc2)n1.Cl. The second-order valence-corrected chi connectivity index (χ2v) is 8.33. The number of nitrogens with one attached hydrogen (secondary N) is 1. The number of anilines is 1. The molecule has 148 valence electrons. The molecule has 27 heavy (non-hydrogen) atoms. The molecule has 2 atom stereocenters. The first-order chi connectivity index (χ1) is 12.4. The first-order valence-electron chi connectivity index (χ1n) is 9.51. The fourth-order valence-electron chi connectivity index (χ4n) is 3.64. The van der Waals surface area contributed by atoms with Crippen molar-refractivity contribution in [2.45, 2.75) is 52.0 Å². The van der Waals surface area contributed by atoms with E-state index in [2.05, 4.69) is 38.2 Å². The maximum atomic E-state index is 12.8. The number of amides is 1. The second kappa shape index (κ2) is 8.89. The van der Waals surface area contributed by atoms with Gasteiger partial charge in [-0.2, -0.15) is 5.10 Å². The molecular weight excluding hydrogens is 360 g/mol. The third-order valence-corrected chi connectivity index (χ3v) is 5.27. The summed E-state index contributed by atoms with van der Waals surface area (Å²) >= 11 is 0. The molecule has 0 aliphatic heterocycles. The highest BCUT2D eigenvalue weighted by atomic mass is 35.5. The number of carbonyl (C=O) groups excluding carboxylic acids is 1. The Labute approximate surface area is 168 Å². The van der Waals surface area contributed by atoms with Crippen molar-refractivity contribution in [2.24, 2.45) is 17.6 Å². The quantitative estimate of drug-likeness (QED) is 0.811. The molecule has 0 radical (unpaired) electrons. The summed E-state index contributed by atoms with van der Waals surface area (Å²) in [4.78, 5) is 12.8.